The summed E-state index contributed by atoms with van der Waals surface area (Å²) in [5.41, 5.74) is -0.368. The Morgan fingerprint density at radius 3 is 2.24 bits per heavy atom. The number of rotatable bonds is 6. The van der Waals surface area contributed by atoms with Gasteiger partial charge < -0.3 is 19.3 Å². The van der Waals surface area contributed by atoms with Crippen LogP contribution in [0.25, 0.3) is 0 Å². The van der Waals surface area contributed by atoms with Crippen LogP contribution in [0.5, 0.6) is 0 Å². The van der Waals surface area contributed by atoms with Crippen molar-refractivity contribution in [1.82, 2.24) is 9.80 Å². The highest BCUT2D eigenvalue weighted by Gasteiger charge is 2.54. The number of benzene rings is 1. The molecule has 1 aromatic rings. The zero-order valence-corrected chi connectivity index (χ0v) is 19.7. The second kappa shape index (κ2) is 9.52. The van der Waals surface area contributed by atoms with E-state index in [1.165, 1.54) is 7.11 Å². The lowest BCUT2D eigenvalue weighted by Crippen LogP contribution is -2.54. The molecule has 0 aromatic heterocycles. The number of hydrogen-bond donors (Lipinski definition) is 0. The number of piperidine rings is 1. The second-order valence-corrected chi connectivity index (χ2v) is 10.2. The number of carbonyl (C=O) groups is 2. The van der Waals surface area contributed by atoms with E-state index in [9.17, 15) is 22.8 Å². The van der Waals surface area contributed by atoms with Gasteiger partial charge in [0.15, 0.2) is 0 Å². The maximum atomic E-state index is 13.5. The number of amides is 2. The molecule has 0 bridgehead atoms. The lowest BCUT2D eigenvalue weighted by atomic mass is 9.78. The Balaban J connectivity index is 1.75. The van der Waals surface area contributed by atoms with Crippen LogP contribution in [0.15, 0.2) is 30.3 Å². The van der Waals surface area contributed by atoms with E-state index in [0.29, 0.717) is 32.4 Å². The third-order valence-electron chi connectivity index (χ3n) is 6.32. The molecule has 0 spiro atoms. The van der Waals surface area contributed by atoms with Crippen molar-refractivity contribution in [2.45, 2.75) is 63.8 Å². The molecule has 1 heterocycles. The highest BCUT2D eigenvalue weighted by Crippen LogP contribution is 2.47. The molecular formula is C24H33F3N2O4. The van der Waals surface area contributed by atoms with Crippen LogP contribution in [0, 0.1) is 5.41 Å². The van der Waals surface area contributed by atoms with Gasteiger partial charge in [-0.3, -0.25) is 4.79 Å². The van der Waals surface area contributed by atoms with Gasteiger partial charge in [0.2, 0.25) is 0 Å². The molecule has 2 atom stereocenters. The van der Waals surface area contributed by atoms with Crippen LogP contribution in [-0.2, 0) is 14.3 Å². The number of nitrogens with zero attached hydrogens (tertiary/aromatic N) is 2. The van der Waals surface area contributed by atoms with Gasteiger partial charge in [-0.25, -0.2) is 4.79 Å². The van der Waals surface area contributed by atoms with Crippen LogP contribution in [0.4, 0.5) is 18.0 Å². The summed E-state index contributed by atoms with van der Waals surface area (Å²) < 4.78 is 51.4. The lowest BCUT2D eigenvalue weighted by Gasteiger charge is -2.44. The third-order valence-corrected chi connectivity index (χ3v) is 6.32. The van der Waals surface area contributed by atoms with Gasteiger partial charge in [-0.15, -0.1) is 0 Å². The van der Waals surface area contributed by atoms with Gasteiger partial charge in [0.05, 0.1) is 6.61 Å². The number of ether oxygens (including phenoxy) is 2. The molecule has 1 saturated carbocycles. The van der Waals surface area contributed by atoms with E-state index in [0.717, 1.165) is 10.5 Å². The van der Waals surface area contributed by atoms with Crippen LogP contribution in [0.2, 0.25) is 0 Å². The van der Waals surface area contributed by atoms with Crippen LogP contribution >= 0.6 is 0 Å². The first-order valence-corrected chi connectivity index (χ1v) is 11.2. The summed E-state index contributed by atoms with van der Waals surface area (Å²) >= 11 is 0. The monoisotopic (exact) mass is 470 g/mol. The minimum absolute atomic E-state index is 0.0602. The molecule has 2 unspecified atom stereocenters. The zero-order valence-electron chi connectivity index (χ0n) is 19.7. The van der Waals surface area contributed by atoms with E-state index in [4.69, 9.17) is 9.47 Å². The highest BCUT2D eigenvalue weighted by molar-refractivity contribution is 5.82. The molecule has 2 amide bonds. The smallest absolute Gasteiger partial charge is 0.444 e. The van der Waals surface area contributed by atoms with Crippen molar-refractivity contribution in [3.05, 3.63) is 35.9 Å². The Morgan fingerprint density at radius 2 is 1.73 bits per heavy atom. The molecule has 9 heteroatoms. The Hall–Kier alpha value is -2.29. The van der Waals surface area contributed by atoms with E-state index < -0.39 is 35.2 Å². The fraction of sp³-hybridized carbons (Fsp3) is 0.667. The van der Waals surface area contributed by atoms with Crippen molar-refractivity contribution in [3.63, 3.8) is 0 Å². The van der Waals surface area contributed by atoms with Crippen LogP contribution in [0.1, 0.15) is 51.5 Å². The highest BCUT2D eigenvalue weighted by atomic mass is 19.4. The summed E-state index contributed by atoms with van der Waals surface area (Å²) in [6.07, 6.45) is -4.05. The average Bonchev–Trinajstić information content (AvgIpc) is 3.52. The molecule has 1 aromatic carbocycles. The van der Waals surface area contributed by atoms with Crippen molar-refractivity contribution < 1.29 is 32.2 Å². The molecule has 2 fully saturated rings. The van der Waals surface area contributed by atoms with Gasteiger partial charge in [-0.2, -0.15) is 13.2 Å². The quantitative estimate of drug-likeness (QED) is 0.610. The minimum Gasteiger partial charge on any atom is -0.444 e. The predicted octanol–water partition coefficient (Wildman–Crippen LogP) is 4.60. The van der Waals surface area contributed by atoms with Gasteiger partial charge in [0, 0.05) is 44.1 Å². The van der Waals surface area contributed by atoms with E-state index >= 15 is 0 Å². The topological polar surface area (TPSA) is 59.1 Å². The maximum absolute atomic E-state index is 13.5. The summed E-state index contributed by atoms with van der Waals surface area (Å²) in [5.74, 6) is -1.92. The van der Waals surface area contributed by atoms with E-state index in [1.807, 2.05) is 30.3 Å². The number of carbonyl (C=O) groups excluding carboxylic acids is 2. The first-order valence-electron chi connectivity index (χ1n) is 11.2. The number of alkyl halides is 3. The van der Waals surface area contributed by atoms with Crippen molar-refractivity contribution in [3.8, 4) is 0 Å². The molecule has 1 saturated heterocycles. The molecule has 3 rings (SSSR count). The molecule has 0 radical (unpaired) electrons. The molecule has 184 valence electrons. The molecular weight excluding hydrogens is 437 g/mol. The standard InChI is InChI=1S/C24H33F3N2O4/c1-22(2,3)33-21(31)28-12-10-23(11-13-28,16-32-4)15-29(20(30)24(25,26)27)19-14-18(19)17-8-6-5-7-9-17/h5-9,18-19H,10-16H2,1-4H3. The number of hydrogen-bond acceptors (Lipinski definition) is 4. The largest absolute Gasteiger partial charge is 0.471 e. The van der Waals surface area contributed by atoms with Crippen LogP contribution in [-0.4, -0.2) is 73.0 Å². The fourth-order valence-electron chi connectivity index (χ4n) is 4.59. The first-order chi connectivity index (χ1) is 15.4. The zero-order chi connectivity index (χ0) is 24.4. The van der Waals surface area contributed by atoms with Crippen molar-refractivity contribution in [2.75, 3.05) is 33.4 Å². The first kappa shape index (κ1) is 25.3. The summed E-state index contributed by atoms with van der Waals surface area (Å²) in [7, 11) is 1.50. The van der Waals surface area contributed by atoms with Crippen molar-refractivity contribution >= 4 is 12.0 Å². The Labute approximate surface area is 193 Å². The summed E-state index contributed by atoms with van der Waals surface area (Å²) in [4.78, 5) is 27.4. The number of methoxy groups -OCH3 is 1. The Bertz CT molecular complexity index is 830. The molecule has 6 nitrogen and oxygen atoms in total. The third kappa shape index (κ3) is 6.40. The van der Waals surface area contributed by atoms with Gasteiger partial charge in [-0.05, 0) is 45.6 Å². The van der Waals surface area contributed by atoms with Crippen LogP contribution < -0.4 is 0 Å². The Kier molecular flexibility index (Phi) is 7.31. The normalized spacial score (nSPS) is 22.6. The SMILES string of the molecule is COCC1(CN(C(=O)C(F)(F)F)C2CC2c2ccccc2)CCN(C(=O)OC(C)(C)C)CC1. The fourth-order valence-corrected chi connectivity index (χ4v) is 4.59. The van der Waals surface area contributed by atoms with Crippen LogP contribution in [0.3, 0.4) is 0 Å². The number of likely N-dealkylation sites (tertiary alicyclic amines) is 1. The summed E-state index contributed by atoms with van der Waals surface area (Å²) in [6.45, 7) is 6.16. The van der Waals surface area contributed by atoms with Gasteiger partial charge in [0.25, 0.3) is 0 Å². The van der Waals surface area contributed by atoms with Gasteiger partial charge in [0.1, 0.15) is 5.60 Å². The van der Waals surface area contributed by atoms with Crippen molar-refractivity contribution in [2.24, 2.45) is 5.41 Å². The second-order valence-electron chi connectivity index (χ2n) is 10.2. The molecule has 0 N–H and O–H groups in total. The van der Waals surface area contributed by atoms with E-state index in [-0.39, 0.29) is 19.1 Å². The number of halogens is 3. The van der Waals surface area contributed by atoms with Gasteiger partial charge >= 0.3 is 18.2 Å². The molecule has 1 aliphatic carbocycles. The summed E-state index contributed by atoms with van der Waals surface area (Å²) in [5, 5.41) is 0. The van der Waals surface area contributed by atoms with Gasteiger partial charge in [-0.1, -0.05) is 30.3 Å². The Morgan fingerprint density at radius 1 is 1.12 bits per heavy atom. The van der Waals surface area contributed by atoms with Crippen molar-refractivity contribution in [1.29, 1.82) is 0 Å². The maximum Gasteiger partial charge on any atom is 0.471 e. The molecule has 1 aliphatic heterocycles. The lowest BCUT2D eigenvalue weighted by molar-refractivity contribution is -0.188. The minimum atomic E-state index is -4.95. The van der Waals surface area contributed by atoms with E-state index in [2.05, 4.69) is 0 Å². The average molecular weight is 471 g/mol. The molecule has 33 heavy (non-hydrogen) atoms. The van der Waals surface area contributed by atoms with E-state index in [1.54, 1.807) is 25.7 Å². The summed E-state index contributed by atoms with van der Waals surface area (Å²) in [6, 6.07) is 8.81. The molecule has 2 aliphatic rings. The predicted molar refractivity (Wildman–Crippen MR) is 117 cm³/mol.